The van der Waals surface area contributed by atoms with Gasteiger partial charge >= 0.3 is 0 Å². The third-order valence-corrected chi connectivity index (χ3v) is 8.27. The summed E-state index contributed by atoms with van der Waals surface area (Å²) in [6.07, 6.45) is 9.56. The number of carbonyl (C=O) groups excluding carboxylic acids is 2. The minimum atomic E-state index is -0.168. The maximum Gasteiger partial charge on any atom is 0.226 e. The number of amides is 2. The van der Waals surface area contributed by atoms with Crippen LogP contribution in [0.4, 0.5) is 0 Å². The van der Waals surface area contributed by atoms with Crippen LogP contribution in [-0.2, 0) is 15.0 Å². The molecule has 1 aromatic carbocycles. The lowest BCUT2D eigenvalue weighted by Crippen LogP contribution is -2.59. The Kier molecular flexibility index (Phi) is 4.71. The summed E-state index contributed by atoms with van der Waals surface area (Å²) in [6.45, 7) is 4.51. The molecule has 0 radical (unpaired) electrons. The molecule has 5 aliphatic rings. The number of rotatable bonds is 6. The van der Waals surface area contributed by atoms with Gasteiger partial charge in [0.2, 0.25) is 11.8 Å². The maximum absolute atomic E-state index is 13.4. The summed E-state index contributed by atoms with van der Waals surface area (Å²) >= 11 is 0. The third-order valence-electron chi connectivity index (χ3n) is 8.27. The van der Waals surface area contributed by atoms with Crippen molar-refractivity contribution in [1.82, 2.24) is 10.2 Å². The molecule has 2 atom stereocenters. The van der Waals surface area contributed by atoms with Gasteiger partial charge < -0.3 is 10.2 Å². The van der Waals surface area contributed by atoms with Gasteiger partial charge in [0, 0.05) is 26.1 Å². The minimum Gasteiger partial charge on any atom is -0.356 e. The molecule has 1 aliphatic heterocycles. The second-order valence-electron chi connectivity index (χ2n) is 10.5. The second kappa shape index (κ2) is 7.14. The van der Waals surface area contributed by atoms with Gasteiger partial charge in [0.25, 0.3) is 0 Å². The molecule has 4 nitrogen and oxygen atoms in total. The molecule has 1 N–H and O–H groups in total. The Morgan fingerprint density at radius 2 is 1.86 bits per heavy atom. The fourth-order valence-electron chi connectivity index (χ4n) is 7.37. The van der Waals surface area contributed by atoms with E-state index in [1.807, 2.05) is 4.90 Å². The van der Waals surface area contributed by atoms with E-state index in [1.54, 1.807) is 0 Å². The Hall–Kier alpha value is -1.84. The van der Waals surface area contributed by atoms with E-state index < -0.39 is 0 Å². The third kappa shape index (κ3) is 3.39. The summed E-state index contributed by atoms with van der Waals surface area (Å²) < 4.78 is 0. The fourth-order valence-corrected chi connectivity index (χ4v) is 7.37. The monoisotopic (exact) mass is 394 g/mol. The Balaban J connectivity index is 1.26. The molecule has 2 amide bonds. The molecule has 156 valence electrons. The molecule has 2 unspecified atom stereocenters. The van der Waals surface area contributed by atoms with Crippen LogP contribution in [0.15, 0.2) is 24.3 Å². The molecule has 4 aliphatic carbocycles. The second-order valence-corrected chi connectivity index (χ2v) is 10.5. The van der Waals surface area contributed by atoms with E-state index in [-0.39, 0.29) is 22.6 Å². The fraction of sp³-hybridized carbons (Fsp3) is 0.680. The topological polar surface area (TPSA) is 49.4 Å². The predicted octanol–water partition coefficient (Wildman–Crippen LogP) is 3.96. The van der Waals surface area contributed by atoms with Crippen molar-refractivity contribution in [1.29, 1.82) is 0 Å². The average molecular weight is 395 g/mol. The van der Waals surface area contributed by atoms with Gasteiger partial charge in [0.15, 0.2) is 0 Å². The standard InChI is InChI=1S/C25H34N2O2/c1-18-5-7-21(8-6-18)24-13-19-12-20(14-24)16-25(15-19,17-24)23(29)26-9-3-11-27-10-2-4-22(27)28/h5-8,19-20H,2-4,9-17H2,1H3,(H,26,29). The van der Waals surface area contributed by atoms with Gasteiger partial charge in [-0.15, -0.1) is 0 Å². The quantitative estimate of drug-likeness (QED) is 0.743. The Morgan fingerprint density at radius 3 is 2.52 bits per heavy atom. The maximum atomic E-state index is 13.4. The lowest BCUT2D eigenvalue weighted by Gasteiger charge is -2.61. The predicted molar refractivity (Wildman–Crippen MR) is 113 cm³/mol. The number of nitrogens with zero attached hydrogens (tertiary/aromatic N) is 1. The molecule has 4 bridgehead atoms. The van der Waals surface area contributed by atoms with Crippen LogP contribution in [0.25, 0.3) is 0 Å². The normalized spacial score (nSPS) is 35.3. The summed E-state index contributed by atoms with van der Waals surface area (Å²) in [5.74, 6) is 1.96. The molecule has 6 rings (SSSR count). The highest BCUT2D eigenvalue weighted by Gasteiger charge is 2.60. The Morgan fingerprint density at radius 1 is 1.14 bits per heavy atom. The molecule has 4 heteroatoms. The van der Waals surface area contributed by atoms with Gasteiger partial charge in [-0.05, 0) is 81.1 Å². The van der Waals surface area contributed by atoms with Crippen LogP contribution in [0.3, 0.4) is 0 Å². The zero-order valence-corrected chi connectivity index (χ0v) is 17.7. The number of benzene rings is 1. The van der Waals surface area contributed by atoms with Gasteiger partial charge in [-0.1, -0.05) is 29.8 Å². The zero-order chi connectivity index (χ0) is 20.1. The summed E-state index contributed by atoms with van der Waals surface area (Å²) in [6, 6.07) is 9.11. The summed E-state index contributed by atoms with van der Waals surface area (Å²) in [4.78, 5) is 27.1. The number of hydrogen-bond donors (Lipinski definition) is 1. The molecule has 0 spiro atoms. The molecule has 1 aromatic rings. The van der Waals surface area contributed by atoms with Crippen LogP contribution in [0, 0.1) is 24.2 Å². The first-order chi connectivity index (χ1) is 14.0. The summed E-state index contributed by atoms with van der Waals surface area (Å²) in [5, 5.41) is 3.28. The lowest BCUT2D eigenvalue weighted by atomic mass is 9.42. The van der Waals surface area contributed by atoms with E-state index >= 15 is 0 Å². The van der Waals surface area contributed by atoms with Crippen molar-refractivity contribution in [2.75, 3.05) is 19.6 Å². The minimum absolute atomic E-state index is 0.168. The van der Waals surface area contributed by atoms with Gasteiger partial charge in [-0.25, -0.2) is 0 Å². The average Bonchev–Trinajstić information content (AvgIpc) is 3.09. The van der Waals surface area contributed by atoms with Gasteiger partial charge in [0.05, 0.1) is 5.41 Å². The summed E-state index contributed by atoms with van der Waals surface area (Å²) in [7, 11) is 0. The van der Waals surface area contributed by atoms with E-state index in [1.165, 1.54) is 30.4 Å². The van der Waals surface area contributed by atoms with Crippen molar-refractivity contribution < 1.29 is 9.59 Å². The number of nitrogens with one attached hydrogen (secondary N) is 1. The highest BCUT2D eigenvalue weighted by atomic mass is 16.2. The van der Waals surface area contributed by atoms with E-state index in [2.05, 4.69) is 36.5 Å². The molecule has 1 saturated heterocycles. The van der Waals surface area contributed by atoms with Crippen LogP contribution in [0.5, 0.6) is 0 Å². The SMILES string of the molecule is Cc1ccc(C23CC4CC(CC(C(=O)NCCCN5CCCC5=O)(C4)C2)C3)cc1. The highest BCUT2D eigenvalue weighted by Crippen LogP contribution is 2.65. The number of aryl methyl sites for hydroxylation is 1. The number of likely N-dealkylation sites (tertiary alicyclic amines) is 1. The van der Waals surface area contributed by atoms with Crippen molar-refractivity contribution in [2.45, 2.75) is 70.1 Å². The van der Waals surface area contributed by atoms with Crippen molar-refractivity contribution in [2.24, 2.45) is 17.3 Å². The Bertz CT molecular complexity index is 786. The van der Waals surface area contributed by atoms with Crippen LogP contribution in [0.2, 0.25) is 0 Å². The zero-order valence-electron chi connectivity index (χ0n) is 17.7. The molecule has 0 aromatic heterocycles. The molecule has 5 fully saturated rings. The molecular formula is C25H34N2O2. The van der Waals surface area contributed by atoms with Gasteiger partial charge in [0.1, 0.15) is 0 Å². The first kappa shape index (κ1) is 19.1. The first-order valence-electron chi connectivity index (χ1n) is 11.6. The lowest BCUT2D eigenvalue weighted by molar-refractivity contribution is -0.149. The van der Waals surface area contributed by atoms with Gasteiger partial charge in [-0.3, -0.25) is 9.59 Å². The molecule has 4 saturated carbocycles. The summed E-state index contributed by atoms with van der Waals surface area (Å²) in [5.41, 5.74) is 2.81. The van der Waals surface area contributed by atoms with Crippen LogP contribution < -0.4 is 5.32 Å². The van der Waals surface area contributed by atoms with Crippen LogP contribution >= 0.6 is 0 Å². The van der Waals surface area contributed by atoms with Crippen molar-refractivity contribution in [3.8, 4) is 0 Å². The van der Waals surface area contributed by atoms with E-state index in [9.17, 15) is 9.59 Å². The smallest absolute Gasteiger partial charge is 0.226 e. The first-order valence-corrected chi connectivity index (χ1v) is 11.6. The highest BCUT2D eigenvalue weighted by molar-refractivity contribution is 5.83. The van der Waals surface area contributed by atoms with Crippen molar-refractivity contribution >= 4 is 11.8 Å². The van der Waals surface area contributed by atoms with Crippen molar-refractivity contribution in [3.05, 3.63) is 35.4 Å². The van der Waals surface area contributed by atoms with Crippen LogP contribution in [0.1, 0.15) is 68.9 Å². The molecular weight excluding hydrogens is 360 g/mol. The van der Waals surface area contributed by atoms with Gasteiger partial charge in [-0.2, -0.15) is 0 Å². The largest absolute Gasteiger partial charge is 0.356 e. The molecule has 1 heterocycles. The Labute approximate surface area is 174 Å². The van der Waals surface area contributed by atoms with E-state index in [0.717, 1.165) is 45.2 Å². The number of hydrogen-bond acceptors (Lipinski definition) is 2. The molecule has 29 heavy (non-hydrogen) atoms. The van der Waals surface area contributed by atoms with E-state index in [4.69, 9.17) is 0 Å². The number of carbonyl (C=O) groups is 2. The van der Waals surface area contributed by atoms with Crippen molar-refractivity contribution in [3.63, 3.8) is 0 Å². The van der Waals surface area contributed by atoms with E-state index in [0.29, 0.717) is 24.8 Å². The van der Waals surface area contributed by atoms with Crippen LogP contribution in [-0.4, -0.2) is 36.3 Å².